The number of rotatable bonds is 1. The monoisotopic (exact) mass is 202 g/mol. The molecule has 1 fully saturated rings. The fraction of sp³-hybridized carbons (Fsp3) is 0.250. The molecule has 1 aliphatic heterocycles. The van der Waals surface area contributed by atoms with Crippen molar-refractivity contribution in [3.63, 3.8) is 0 Å². The quantitative estimate of drug-likeness (QED) is 0.657. The Bertz CT molecular complexity index is 429. The Kier molecular flexibility index (Phi) is 1.63. The second-order valence-corrected chi connectivity index (χ2v) is 3.89. The number of hydrogen-bond acceptors (Lipinski definition) is 3. The van der Waals surface area contributed by atoms with Gasteiger partial charge in [0.1, 0.15) is 11.4 Å². The van der Waals surface area contributed by atoms with E-state index in [9.17, 15) is 4.79 Å². The summed E-state index contributed by atoms with van der Waals surface area (Å²) in [7, 11) is 0. The van der Waals surface area contributed by atoms with Crippen molar-refractivity contribution in [1.29, 1.82) is 0 Å². The molecule has 1 saturated carbocycles. The first kappa shape index (κ1) is 8.53. The van der Waals surface area contributed by atoms with E-state index in [1.807, 2.05) is 36.4 Å². The lowest BCUT2D eigenvalue weighted by Crippen LogP contribution is -2.23. The lowest BCUT2D eigenvalue weighted by atomic mass is 10.1. The fourth-order valence-corrected chi connectivity index (χ4v) is 1.69. The Balaban J connectivity index is 1.99. The van der Waals surface area contributed by atoms with E-state index in [-0.39, 0.29) is 5.60 Å². The van der Waals surface area contributed by atoms with E-state index in [0.29, 0.717) is 5.76 Å². The largest absolute Gasteiger partial charge is 0.514 e. The summed E-state index contributed by atoms with van der Waals surface area (Å²) in [6.07, 6.45) is 3.12. The van der Waals surface area contributed by atoms with Crippen LogP contribution in [0.25, 0.3) is 5.76 Å². The number of ether oxygens (including phenoxy) is 2. The van der Waals surface area contributed by atoms with Gasteiger partial charge in [0.05, 0.1) is 0 Å². The van der Waals surface area contributed by atoms with Crippen molar-refractivity contribution in [1.82, 2.24) is 0 Å². The number of hydrogen-bond donors (Lipinski definition) is 0. The third-order valence-electron chi connectivity index (χ3n) is 2.68. The maximum Gasteiger partial charge on any atom is 0.514 e. The summed E-state index contributed by atoms with van der Waals surface area (Å²) in [5.41, 5.74) is 0.556. The van der Waals surface area contributed by atoms with Crippen LogP contribution >= 0.6 is 0 Å². The highest BCUT2D eigenvalue weighted by atomic mass is 16.7. The van der Waals surface area contributed by atoms with Gasteiger partial charge in [-0.1, -0.05) is 30.3 Å². The van der Waals surface area contributed by atoms with E-state index in [1.54, 1.807) is 0 Å². The Hall–Kier alpha value is -1.77. The molecule has 3 nitrogen and oxygen atoms in total. The summed E-state index contributed by atoms with van der Waals surface area (Å²) in [5, 5.41) is 0. The molecule has 15 heavy (non-hydrogen) atoms. The fourth-order valence-electron chi connectivity index (χ4n) is 1.69. The van der Waals surface area contributed by atoms with Gasteiger partial charge in [-0.05, 0) is 12.8 Å². The molecule has 1 aliphatic carbocycles. The zero-order valence-corrected chi connectivity index (χ0v) is 8.10. The molecule has 76 valence electrons. The normalized spacial score (nSPS) is 21.6. The lowest BCUT2D eigenvalue weighted by molar-refractivity contribution is 0.0465. The Morgan fingerprint density at radius 2 is 1.87 bits per heavy atom. The van der Waals surface area contributed by atoms with Gasteiger partial charge in [-0.2, -0.15) is 0 Å². The first-order valence-corrected chi connectivity index (χ1v) is 4.97. The van der Waals surface area contributed by atoms with Crippen LogP contribution in [0.15, 0.2) is 36.4 Å². The van der Waals surface area contributed by atoms with Gasteiger partial charge in [0.2, 0.25) is 0 Å². The molecule has 1 spiro atoms. The standard InChI is InChI=1S/C12H10O3/c13-11-14-10(8-12(15-11)6-7-12)9-4-2-1-3-5-9/h1-5,8H,6-7H2. The van der Waals surface area contributed by atoms with Crippen LogP contribution in [0.5, 0.6) is 0 Å². The molecule has 2 aliphatic rings. The van der Waals surface area contributed by atoms with Crippen LogP contribution in [0.4, 0.5) is 4.79 Å². The van der Waals surface area contributed by atoms with Gasteiger partial charge in [-0.25, -0.2) is 4.79 Å². The highest BCUT2D eigenvalue weighted by molar-refractivity contribution is 5.77. The molecule has 1 heterocycles. The second-order valence-electron chi connectivity index (χ2n) is 3.89. The first-order valence-electron chi connectivity index (χ1n) is 4.97. The first-order chi connectivity index (χ1) is 7.27. The molecule has 0 N–H and O–H groups in total. The van der Waals surface area contributed by atoms with Crippen LogP contribution < -0.4 is 0 Å². The molecular formula is C12H10O3. The predicted octanol–water partition coefficient (Wildman–Crippen LogP) is 2.73. The summed E-state index contributed by atoms with van der Waals surface area (Å²) in [6.45, 7) is 0. The van der Waals surface area contributed by atoms with Crippen molar-refractivity contribution < 1.29 is 14.3 Å². The number of cyclic esters (lactones) is 1. The molecule has 3 heteroatoms. The highest BCUT2D eigenvalue weighted by Gasteiger charge is 2.48. The number of benzene rings is 1. The molecule has 1 aromatic rings. The summed E-state index contributed by atoms with van der Waals surface area (Å²) in [5.74, 6) is 0.615. The highest BCUT2D eigenvalue weighted by Crippen LogP contribution is 2.45. The van der Waals surface area contributed by atoms with Gasteiger partial charge in [0.25, 0.3) is 0 Å². The van der Waals surface area contributed by atoms with Crippen molar-refractivity contribution in [3.8, 4) is 0 Å². The van der Waals surface area contributed by atoms with E-state index in [0.717, 1.165) is 18.4 Å². The predicted molar refractivity (Wildman–Crippen MR) is 54.0 cm³/mol. The van der Waals surface area contributed by atoms with Gasteiger partial charge in [0, 0.05) is 11.6 Å². The van der Waals surface area contributed by atoms with E-state index in [2.05, 4.69) is 0 Å². The van der Waals surface area contributed by atoms with Crippen LogP contribution in [-0.4, -0.2) is 11.8 Å². The van der Waals surface area contributed by atoms with Crippen molar-refractivity contribution in [2.45, 2.75) is 18.4 Å². The lowest BCUT2D eigenvalue weighted by Gasteiger charge is -2.20. The Morgan fingerprint density at radius 1 is 1.13 bits per heavy atom. The Morgan fingerprint density at radius 3 is 2.53 bits per heavy atom. The maximum absolute atomic E-state index is 11.2. The van der Waals surface area contributed by atoms with Crippen LogP contribution in [0.1, 0.15) is 18.4 Å². The number of carbonyl (C=O) groups excluding carboxylic acids is 1. The summed E-state index contributed by atoms with van der Waals surface area (Å²) in [6, 6.07) is 9.59. The van der Waals surface area contributed by atoms with Gasteiger partial charge in [0.15, 0.2) is 0 Å². The smallest absolute Gasteiger partial charge is 0.423 e. The average Bonchev–Trinajstić information content (AvgIpc) is 2.97. The SMILES string of the molecule is O=C1OC(c2ccccc2)=CC2(CC2)O1. The summed E-state index contributed by atoms with van der Waals surface area (Å²) >= 11 is 0. The van der Waals surface area contributed by atoms with Crippen LogP contribution in [-0.2, 0) is 9.47 Å². The van der Waals surface area contributed by atoms with Crippen molar-refractivity contribution in [2.24, 2.45) is 0 Å². The second kappa shape index (κ2) is 2.86. The molecule has 0 bridgehead atoms. The van der Waals surface area contributed by atoms with Gasteiger partial charge in [-0.15, -0.1) is 0 Å². The topological polar surface area (TPSA) is 35.5 Å². The maximum atomic E-state index is 11.2. The Labute approximate surface area is 87.3 Å². The molecular weight excluding hydrogens is 192 g/mol. The summed E-state index contributed by atoms with van der Waals surface area (Å²) < 4.78 is 10.1. The van der Waals surface area contributed by atoms with E-state index in [4.69, 9.17) is 9.47 Å². The van der Waals surface area contributed by atoms with Crippen molar-refractivity contribution >= 4 is 11.9 Å². The minimum atomic E-state index is -0.589. The zero-order chi connectivity index (χ0) is 10.3. The van der Waals surface area contributed by atoms with Crippen molar-refractivity contribution in [3.05, 3.63) is 42.0 Å². The van der Waals surface area contributed by atoms with Gasteiger partial charge < -0.3 is 9.47 Å². The van der Waals surface area contributed by atoms with Crippen LogP contribution in [0, 0.1) is 0 Å². The molecule has 0 aromatic heterocycles. The van der Waals surface area contributed by atoms with Gasteiger partial charge in [-0.3, -0.25) is 0 Å². The molecule has 0 saturated heterocycles. The number of carbonyl (C=O) groups is 1. The van der Waals surface area contributed by atoms with Gasteiger partial charge >= 0.3 is 6.16 Å². The summed E-state index contributed by atoms with van der Waals surface area (Å²) in [4.78, 5) is 11.2. The third-order valence-corrected chi connectivity index (χ3v) is 2.68. The minimum absolute atomic E-state index is 0.361. The molecule has 1 aromatic carbocycles. The molecule has 0 unspecified atom stereocenters. The van der Waals surface area contributed by atoms with Crippen LogP contribution in [0.3, 0.4) is 0 Å². The van der Waals surface area contributed by atoms with E-state index >= 15 is 0 Å². The zero-order valence-electron chi connectivity index (χ0n) is 8.10. The average molecular weight is 202 g/mol. The molecule has 0 radical (unpaired) electrons. The third kappa shape index (κ3) is 1.50. The minimum Gasteiger partial charge on any atom is -0.423 e. The van der Waals surface area contributed by atoms with E-state index < -0.39 is 6.16 Å². The van der Waals surface area contributed by atoms with Crippen molar-refractivity contribution in [2.75, 3.05) is 0 Å². The van der Waals surface area contributed by atoms with Crippen LogP contribution in [0.2, 0.25) is 0 Å². The molecule has 0 amide bonds. The molecule has 3 rings (SSSR count). The van der Waals surface area contributed by atoms with E-state index in [1.165, 1.54) is 0 Å². The molecule has 0 atom stereocenters.